The van der Waals surface area contributed by atoms with Gasteiger partial charge in [0, 0.05) is 19.6 Å². The highest BCUT2D eigenvalue weighted by atomic mass is 127. The molecule has 140 valence electrons. The lowest BCUT2D eigenvalue weighted by Crippen LogP contribution is -2.39. The van der Waals surface area contributed by atoms with Crippen molar-refractivity contribution in [3.05, 3.63) is 35.4 Å². The van der Waals surface area contributed by atoms with Gasteiger partial charge in [-0.15, -0.1) is 24.0 Å². The Bertz CT molecular complexity index is 563. The van der Waals surface area contributed by atoms with Gasteiger partial charge in [0.15, 0.2) is 5.96 Å². The average molecular weight is 462 g/mol. The van der Waals surface area contributed by atoms with Gasteiger partial charge < -0.3 is 20.5 Å². The van der Waals surface area contributed by atoms with Gasteiger partial charge in [-0.2, -0.15) is 0 Å². The summed E-state index contributed by atoms with van der Waals surface area (Å²) in [6, 6.07) is 7.19. The fourth-order valence-corrected chi connectivity index (χ4v) is 2.49. The predicted octanol–water partition coefficient (Wildman–Crippen LogP) is 1.22. The van der Waals surface area contributed by atoms with E-state index in [9.17, 15) is 4.79 Å². The summed E-state index contributed by atoms with van der Waals surface area (Å²) >= 11 is 0. The summed E-state index contributed by atoms with van der Waals surface area (Å²) in [5.41, 5.74) is 7.31. The molecular weight excluding hydrogens is 435 g/mol. The average Bonchev–Trinajstić information content (AvgIpc) is 2.64. The van der Waals surface area contributed by atoms with E-state index in [0.29, 0.717) is 18.1 Å². The van der Waals surface area contributed by atoms with Crippen molar-refractivity contribution in [2.45, 2.75) is 13.0 Å². The number of nitrogens with one attached hydrogen (secondary N) is 1. The van der Waals surface area contributed by atoms with Crippen molar-refractivity contribution < 1.29 is 14.3 Å². The van der Waals surface area contributed by atoms with E-state index >= 15 is 0 Å². The Morgan fingerprint density at radius 3 is 2.88 bits per heavy atom. The van der Waals surface area contributed by atoms with Crippen LogP contribution in [0.25, 0.3) is 0 Å². The lowest BCUT2D eigenvalue weighted by atomic mass is 10.1. The minimum absolute atomic E-state index is 0. The molecule has 1 aromatic rings. The molecule has 0 amide bonds. The van der Waals surface area contributed by atoms with Gasteiger partial charge in [0.2, 0.25) is 0 Å². The number of ether oxygens (including phenoxy) is 2. The third-order valence-corrected chi connectivity index (χ3v) is 3.84. The van der Waals surface area contributed by atoms with E-state index in [0.717, 1.165) is 51.4 Å². The summed E-state index contributed by atoms with van der Waals surface area (Å²) in [6.45, 7) is 5.89. The molecule has 1 aliphatic heterocycles. The minimum Gasteiger partial charge on any atom is -0.465 e. The molecule has 1 fully saturated rings. The van der Waals surface area contributed by atoms with Crippen LogP contribution in [0.4, 0.5) is 0 Å². The summed E-state index contributed by atoms with van der Waals surface area (Å²) < 4.78 is 10.0. The molecule has 25 heavy (non-hydrogen) atoms. The van der Waals surface area contributed by atoms with E-state index in [2.05, 4.69) is 15.2 Å². The van der Waals surface area contributed by atoms with Gasteiger partial charge in [0.05, 0.1) is 32.4 Å². The van der Waals surface area contributed by atoms with Crippen LogP contribution in [0.1, 0.15) is 22.3 Å². The molecule has 0 radical (unpaired) electrons. The van der Waals surface area contributed by atoms with E-state index in [4.69, 9.17) is 15.2 Å². The Balaban J connectivity index is 0.00000312. The molecule has 0 bridgehead atoms. The molecule has 0 spiro atoms. The van der Waals surface area contributed by atoms with Crippen LogP contribution in [0.15, 0.2) is 29.3 Å². The lowest BCUT2D eigenvalue weighted by molar-refractivity contribution is 0.0376. The summed E-state index contributed by atoms with van der Waals surface area (Å²) in [6.07, 6.45) is 1.01. The van der Waals surface area contributed by atoms with Crippen LogP contribution in [0.2, 0.25) is 0 Å². The van der Waals surface area contributed by atoms with Gasteiger partial charge in [-0.1, -0.05) is 12.1 Å². The van der Waals surface area contributed by atoms with Crippen LogP contribution in [0.5, 0.6) is 0 Å². The number of nitrogens with two attached hydrogens (primary N) is 1. The number of guanidine groups is 1. The number of aliphatic imine (C=N–C) groups is 1. The van der Waals surface area contributed by atoms with Gasteiger partial charge in [0.1, 0.15) is 0 Å². The Hall–Kier alpha value is -1.39. The molecule has 0 saturated carbocycles. The first-order valence-electron chi connectivity index (χ1n) is 8.20. The molecule has 1 aromatic carbocycles. The van der Waals surface area contributed by atoms with Crippen molar-refractivity contribution in [1.29, 1.82) is 0 Å². The van der Waals surface area contributed by atoms with Crippen molar-refractivity contribution in [3.8, 4) is 0 Å². The Morgan fingerprint density at radius 2 is 2.16 bits per heavy atom. The van der Waals surface area contributed by atoms with Crippen molar-refractivity contribution in [3.63, 3.8) is 0 Å². The van der Waals surface area contributed by atoms with Gasteiger partial charge in [0.25, 0.3) is 0 Å². The van der Waals surface area contributed by atoms with Crippen LogP contribution in [-0.4, -0.2) is 63.3 Å². The third kappa shape index (κ3) is 8.02. The third-order valence-electron chi connectivity index (χ3n) is 3.84. The number of benzene rings is 1. The van der Waals surface area contributed by atoms with Crippen LogP contribution in [-0.2, 0) is 16.0 Å². The number of hydrogen-bond acceptors (Lipinski definition) is 5. The number of esters is 1. The monoisotopic (exact) mass is 462 g/mol. The lowest BCUT2D eigenvalue weighted by Gasteiger charge is -2.26. The molecule has 2 rings (SSSR count). The number of halogens is 1. The summed E-state index contributed by atoms with van der Waals surface area (Å²) in [7, 11) is 1.37. The standard InChI is InChI=1S/C17H26N4O3.HI/c1-23-16(22)15-5-2-4-14(12-15)13-20-17(18)19-6-3-7-21-8-10-24-11-9-21;/h2,4-5,12H,3,6-11,13H2,1H3,(H3,18,19,20);1H. The normalized spacial score (nSPS) is 15.3. The zero-order chi connectivity index (χ0) is 17.2. The Labute approximate surface area is 166 Å². The van der Waals surface area contributed by atoms with E-state index in [1.807, 2.05) is 12.1 Å². The van der Waals surface area contributed by atoms with Crippen LogP contribution in [0.3, 0.4) is 0 Å². The molecule has 7 nitrogen and oxygen atoms in total. The molecule has 0 unspecified atom stereocenters. The smallest absolute Gasteiger partial charge is 0.337 e. The largest absolute Gasteiger partial charge is 0.465 e. The van der Waals surface area contributed by atoms with E-state index in [1.54, 1.807) is 12.1 Å². The Kier molecular flexibility index (Phi) is 10.4. The number of carbonyl (C=O) groups is 1. The van der Waals surface area contributed by atoms with Gasteiger partial charge in [-0.25, -0.2) is 9.79 Å². The van der Waals surface area contributed by atoms with Crippen LogP contribution in [0, 0.1) is 0 Å². The molecule has 1 heterocycles. The maximum Gasteiger partial charge on any atom is 0.337 e. The Morgan fingerprint density at radius 1 is 1.40 bits per heavy atom. The first kappa shape index (κ1) is 21.7. The highest BCUT2D eigenvalue weighted by Crippen LogP contribution is 2.07. The summed E-state index contributed by atoms with van der Waals surface area (Å²) in [4.78, 5) is 18.2. The van der Waals surface area contributed by atoms with E-state index < -0.39 is 0 Å². The van der Waals surface area contributed by atoms with Crippen molar-refractivity contribution in [2.75, 3.05) is 46.5 Å². The molecule has 8 heteroatoms. The second-order valence-corrected chi connectivity index (χ2v) is 5.63. The van der Waals surface area contributed by atoms with Crippen LogP contribution < -0.4 is 11.1 Å². The quantitative estimate of drug-likeness (QED) is 0.208. The van der Waals surface area contributed by atoms with Gasteiger partial charge in [-0.05, 0) is 30.7 Å². The first-order valence-corrected chi connectivity index (χ1v) is 8.20. The maximum atomic E-state index is 11.5. The molecule has 0 aliphatic carbocycles. The molecular formula is C17H27IN4O3. The number of hydrogen-bond donors (Lipinski definition) is 2. The second-order valence-electron chi connectivity index (χ2n) is 5.63. The van der Waals surface area contributed by atoms with Crippen molar-refractivity contribution >= 4 is 35.9 Å². The van der Waals surface area contributed by atoms with E-state index in [1.165, 1.54) is 7.11 Å². The molecule has 3 N–H and O–H groups in total. The number of carbonyl (C=O) groups excluding carboxylic acids is 1. The fraction of sp³-hybridized carbons (Fsp3) is 0.529. The van der Waals surface area contributed by atoms with Gasteiger partial charge in [-0.3, -0.25) is 4.90 Å². The van der Waals surface area contributed by atoms with E-state index in [-0.39, 0.29) is 29.9 Å². The van der Waals surface area contributed by atoms with Crippen molar-refractivity contribution in [1.82, 2.24) is 10.2 Å². The summed E-state index contributed by atoms with van der Waals surface area (Å²) in [5, 5.41) is 3.12. The highest BCUT2D eigenvalue weighted by Gasteiger charge is 2.09. The number of rotatable bonds is 7. The van der Waals surface area contributed by atoms with Gasteiger partial charge >= 0.3 is 5.97 Å². The SMILES string of the molecule is COC(=O)c1cccc(CN=C(N)NCCCN2CCOCC2)c1.I. The molecule has 1 saturated heterocycles. The number of methoxy groups -OCH3 is 1. The summed E-state index contributed by atoms with van der Waals surface area (Å²) in [5.74, 6) is 0.0653. The van der Waals surface area contributed by atoms with Crippen molar-refractivity contribution in [2.24, 2.45) is 10.7 Å². The first-order chi connectivity index (χ1) is 11.7. The predicted molar refractivity (Wildman–Crippen MR) is 108 cm³/mol. The maximum absolute atomic E-state index is 11.5. The second kappa shape index (κ2) is 12.0. The number of morpholine rings is 1. The number of nitrogens with zero attached hydrogens (tertiary/aromatic N) is 2. The molecule has 1 aliphatic rings. The zero-order valence-electron chi connectivity index (χ0n) is 14.6. The minimum atomic E-state index is -0.352. The molecule has 0 atom stereocenters. The zero-order valence-corrected chi connectivity index (χ0v) is 16.9. The topological polar surface area (TPSA) is 89.2 Å². The highest BCUT2D eigenvalue weighted by molar-refractivity contribution is 14.0. The molecule has 0 aromatic heterocycles. The fourth-order valence-electron chi connectivity index (χ4n) is 2.49. The van der Waals surface area contributed by atoms with Crippen LogP contribution >= 0.6 is 24.0 Å².